The minimum Gasteiger partial charge on any atom is -0.457 e. The van der Waals surface area contributed by atoms with Crippen molar-refractivity contribution in [2.24, 2.45) is 0 Å². The molecule has 0 saturated heterocycles. The van der Waals surface area contributed by atoms with Gasteiger partial charge in [-0.3, -0.25) is 13.9 Å². The number of carbonyl (C=O) groups is 2. The Balaban J connectivity index is 1.71. The summed E-state index contributed by atoms with van der Waals surface area (Å²) in [4.78, 5) is 28.8. The molecular formula is C34H35Cl2N3O5S. The topological polar surface area (TPSA) is 96.0 Å². The van der Waals surface area contributed by atoms with Gasteiger partial charge >= 0.3 is 0 Å². The van der Waals surface area contributed by atoms with Crippen LogP contribution in [0.25, 0.3) is 0 Å². The Morgan fingerprint density at radius 2 is 1.40 bits per heavy atom. The second kappa shape index (κ2) is 14.4. The average molecular weight is 669 g/mol. The number of para-hydroxylation sites is 1. The van der Waals surface area contributed by atoms with Gasteiger partial charge in [-0.25, -0.2) is 8.42 Å². The Hall–Kier alpha value is -4.05. The summed E-state index contributed by atoms with van der Waals surface area (Å²) in [5, 5.41) is 3.54. The first-order valence-corrected chi connectivity index (χ1v) is 16.4. The van der Waals surface area contributed by atoms with Gasteiger partial charge in [0.1, 0.15) is 24.1 Å². The number of hydrogen-bond acceptors (Lipinski definition) is 5. The van der Waals surface area contributed by atoms with Crippen molar-refractivity contribution in [2.75, 3.05) is 10.8 Å². The third kappa shape index (κ3) is 9.00. The van der Waals surface area contributed by atoms with Crippen molar-refractivity contribution in [1.82, 2.24) is 10.2 Å². The number of anilines is 1. The lowest BCUT2D eigenvalue weighted by Gasteiger charge is -2.33. The lowest BCUT2D eigenvalue weighted by molar-refractivity contribution is -0.140. The highest BCUT2D eigenvalue weighted by atomic mass is 35.5. The summed E-state index contributed by atoms with van der Waals surface area (Å²) in [7, 11) is -4.21. The SMILES string of the molecule is C[C@H](C(=O)NC(C)(C)C)N(Cc1ccc(Cl)c(Cl)c1)C(=O)CN(c1ccc(Oc2ccccc2)cc1)S(=O)(=O)c1ccccc1. The van der Waals surface area contributed by atoms with Gasteiger partial charge in [0.2, 0.25) is 11.8 Å². The van der Waals surface area contributed by atoms with Gasteiger partial charge in [-0.05, 0) is 93.9 Å². The molecule has 0 fully saturated rings. The molecule has 4 rings (SSSR count). The summed E-state index contributed by atoms with van der Waals surface area (Å²) in [6.45, 7) is 6.51. The number of ether oxygens (including phenoxy) is 1. The summed E-state index contributed by atoms with van der Waals surface area (Å²) in [5.74, 6) is 0.120. The van der Waals surface area contributed by atoms with Crippen LogP contribution in [0.5, 0.6) is 11.5 Å². The zero-order valence-corrected chi connectivity index (χ0v) is 27.7. The fraction of sp³-hybridized carbons (Fsp3) is 0.235. The molecule has 0 saturated carbocycles. The van der Waals surface area contributed by atoms with Gasteiger partial charge < -0.3 is 15.0 Å². The van der Waals surface area contributed by atoms with Gasteiger partial charge in [0.15, 0.2) is 0 Å². The van der Waals surface area contributed by atoms with Crippen molar-refractivity contribution >= 4 is 50.7 Å². The Morgan fingerprint density at radius 1 is 0.822 bits per heavy atom. The van der Waals surface area contributed by atoms with E-state index < -0.39 is 40.0 Å². The summed E-state index contributed by atoms with van der Waals surface area (Å²) in [6, 6.07) is 27.4. The molecule has 0 aliphatic heterocycles. The van der Waals surface area contributed by atoms with Gasteiger partial charge in [0.05, 0.1) is 20.6 Å². The van der Waals surface area contributed by atoms with E-state index in [1.165, 1.54) is 17.0 Å². The highest BCUT2D eigenvalue weighted by molar-refractivity contribution is 7.92. The monoisotopic (exact) mass is 667 g/mol. The van der Waals surface area contributed by atoms with Crippen molar-refractivity contribution in [2.45, 2.75) is 50.7 Å². The first-order chi connectivity index (χ1) is 21.2. The second-order valence-corrected chi connectivity index (χ2v) is 14.1. The van der Waals surface area contributed by atoms with Crippen molar-refractivity contribution in [3.63, 3.8) is 0 Å². The Bertz CT molecular complexity index is 1730. The number of amides is 2. The van der Waals surface area contributed by atoms with Crippen LogP contribution in [-0.4, -0.2) is 43.3 Å². The minimum absolute atomic E-state index is 0.0111. The van der Waals surface area contributed by atoms with Crippen molar-refractivity contribution in [3.8, 4) is 11.5 Å². The maximum atomic E-state index is 14.1. The van der Waals surface area contributed by atoms with Crippen LogP contribution >= 0.6 is 23.2 Å². The predicted molar refractivity (Wildman–Crippen MR) is 178 cm³/mol. The first-order valence-electron chi connectivity index (χ1n) is 14.2. The molecule has 0 unspecified atom stereocenters. The van der Waals surface area contributed by atoms with Crippen molar-refractivity contribution in [3.05, 3.63) is 119 Å². The minimum atomic E-state index is -4.21. The first kappa shape index (κ1) is 33.8. The molecule has 0 aromatic heterocycles. The zero-order chi connectivity index (χ0) is 32.8. The fourth-order valence-electron chi connectivity index (χ4n) is 4.44. The van der Waals surface area contributed by atoms with Crippen molar-refractivity contribution in [1.29, 1.82) is 0 Å². The number of rotatable bonds is 11. The number of benzene rings is 4. The van der Waals surface area contributed by atoms with E-state index in [9.17, 15) is 18.0 Å². The van der Waals surface area contributed by atoms with Crippen LogP contribution in [0.3, 0.4) is 0 Å². The van der Waals surface area contributed by atoms with E-state index >= 15 is 0 Å². The molecule has 0 spiro atoms. The Morgan fingerprint density at radius 3 is 1.98 bits per heavy atom. The molecule has 0 heterocycles. The molecule has 0 radical (unpaired) electrons. The Kier molecular flexibility index (Phi) is 10.8. The summed E-state index contributed by atoms with van der Waals surface area (Å²) in [6.07, 6.45) is 0. The molecule has 4 aromatic rings. The van der Waals surface area contributed by atoms with Crippen LogP contribution in [-0.2, 0) is 26.2 Å². The van der Waals surface area contributed by atoms with E-state index in [-0.39, 0.29) is 17.1 Å². The van der Waals surface area contributed by atoms with E-state index in [4.69, 9.17) is 27.9 Å². The van der Waals surface area contributed by atoms with Crippen LogP contribution in [0, 0.1) is 0 Å². The predicted octanol–water partition coefficient (Wildman–Crippen LogP) is 7.31. The number of nitrogens with zero attached hydrogens (tertiary/aromatic N) is 2. The molecule has 236 valence electrons. The lowest BCUT2D eigenvalue weighted by atomic mass is 10.1. The maximum Gasteiger partial charge on any atom is 0.264 e. The number of carbonyl (C=O) groups excluding carboxylic acids is 2. The van der Waals surface area contributed by atoms with E-state index in [1.54, 1.807) is 79.7 Å². The van der Waals surface area contributed by atoms with Crippen LogP contribution in [0.2, 0.25) is 10.0 Å². The molecule has 2 amide bonds. The molecule has 4 aromatic carbocycles. The summed E-state index contributed by atoms with van der Waals surface area (Å²) >= 11 is 12.4. The van der Waals surface area contributed by atoms with E-state index in [0.717, 1.165) is 4.31 Å². The fourth-order valence-corrected chi connectivity index (χ4v) is 6.20. The molecule has 0 aliphatic carbocycles. The molecule has 1 atom stereocenters. The van der Waals surface area contributed by atoms with Crippen molar-refractivity contribution < 1.29 is 22.7 Å². The van der Waals surface area contributed by atoms with Gasteiger partial charge in [-0.2, -0.15) is 0 Å². The van der Waals surface area contributed by atoms with Gasteiger partial charge in [0, 0.05) is 12.1 Å². The molecule has 0 aliphatic rings. The average Bonchev–Trinajstić information content (AvgIpc) is 3.00. The summed E-state index contributed by atoms with van der Waals surface area (Å²) in [5.41, 5.74) is 0.303. The normalized spacial score (nSPS) is 12.2. The number of sulfonamides is 1. The maximum absolute atomic E-state index is 14.1. The molecule has 45 heavy (non-hydrogen) atoms. The van der Waals surface area contributed by atoms with Gasteiger partial charge in [-0.15, -0.1) is 0 Å². The van der Waals surface area contributed by atoms with Crippen LogP contribution in [0.15, 0.2) is 108 Å². The smallest absolute Gasteiger partial charge is 0.264 e. The van der Waals surface area contributed by atoms with Crippen LogP contribution in [0.1, 0.15) is 33.3 Å². The number of nitrogens with one attached hydrogen (secondary N) is 1. The molecular weight excluding hydrogens is 633 g/mol. The van der Waals surface area contributed by atoms with E-state index in [2.05, 4.69) is 5.32 Å². The third-order valence-electron chi connectivity index (χ3n) is 6.72. The largest absolute Gasteiger partial charge is 0.457 e. The third-order valence-corrected chi connectivity index (χ3v) is 9.24. The highest BCUT2D eigenvalue weighted by Gasteiger charge is 2.33. The molecule has 8 nitrogen and oxygen atoms in total. The quantitative estimate of drug-likeness (QED) is 0.181. The van der Waals surface area contributed by atoms with E-state index in [0.29, 0.717) is 27.1 Å². The Labute approximate surface area is 274 Å². The van der Waals surface area contributed by atoms with Crippen LogP contribution in [0.4, 0.5) is 5.69 Å². The lowest BCUT2D eigenvalue weighted by Crippen LogP contribution is -2.54. The standard InChI is InChI=1S/C34H35Cl2N3O5S/c1-24(33(41)37-34(2,3)4)38(22-25-15-20-30(35)31(36)21-25)32(40)23-39(45(42,43)29-13-9-6-10-14-29)26-16-18-28(19-17-26)44-27-11-7-5-8-12-27/h5-21,24H,22-23H2,1-4H3,(H,37,41)/t24-/m1/s1. The van der Waals surface area contributed by atoms with Crippen LogP contribution < -0.4 is 14.4 Å². The molecule has 0 bridgehead atoms. The van der Waals surface area contributed by atoms with Gasteiger partial charge in [0.25, 0.3) is 10.0 Å². The molecule has 11 heteroatoms. The van der Waals surface area contributed by atoms with E-state index in [1.807, 2.05) is 39.0 Å². The second-order valence-electron chi connectivity index (χ2n) is 11.4. The summed E-state index contributed by atoms with van der Waals surface area (Å²) < 4.78 is 34.9. The number of halogens is 2. The highest BCUT2D eigenvalue weighted by Crippen LogP contribution is 2.29. The molecule has 1 N–H and O–H groups in total. The van der Waals surface area contributed by atoms with Gasteiger partial charge in [-0.1, -0.05) is 65.7 Å². The number of hydrogen-bond donors (Lipinski definition) is 1. The zero-order valence-electron chi connectivity index (χ0n) is 25.4.